The van der Waals surface area contributed by atoms with Crippen LogP contribution < -0.4 is 9.62 Å². The Balaban J connectivity index is 1.26. The number of carbonyl (C=O) groups is 2. The molecule has 0 saturated carbocycles. The molecule has 5 rings (SSSR count). The number of hydrogen-bond acceptors (Lipinski definition) is 6. The van der Waals surface area contributed by atoms with Gasteiger partial charge in [-0.15, -0.1) is 11.3 Å². The van der Waals surface area contributed by atoms with Crippen molar-refractivity contribution in [2.75, 3.05) is 29.3 Å². The first-order valence-corrected chi connectivity index (χ1v) is 13.8. The van der Waals surface area contributed by atoms with Crippen molar-refractivity contribution >= 4 is 66.5 Å². The second kappa shape index (κ2) is 9.57. The van der Waals surface area contributed by atoms with Gasteiger partial charge in [-0.2, -0.15) is 0 Å². The smallest absolute Gasteiger partial charge is 0.263 e. The van der Waals surface area contributed by atoms with E-state index in [0.29, 0.717) is 23.8 Å². The van der Waals surface area contributed by atoms with E-state index >= 15 is 0 Å². The fourth-order valence-corrected chi connectivity index (χ4v) is 6.21. The van der Waals surface area contributed by atoms with Crippen LogP contribution in [0.5, 0.6) is 0 Å². The number of fused-ring (bicyclic) bond motifs is 1. The molecule has 1 aliphatic rings. The Bertz CT molecular complexity index is 1530. The Hall–Kier alpha value is -3.41. The Labute approximate surface area is 217 Å². The summed E-state index contributed by atoms with van der Waals surface area (Å²) in [5, 5.41) is 3.52. The van der Waals surface area contributed by atoms with E-state index < -0.39 is 16.1 Å². The lowest BCUT2D eigenvalue weighted by Gasteiger charge is -2.35. The molecule has 12 heteroatoms. The molecule has 2 amide bonds. The number of thiazole rings is 1. The minimum Gasteiger partial charge on any atom is -0.335 e. The molecule has 1 unspecified atom stereocenters. The lowest BCUT2D eigenvalue weighted by atomic mass is 10.2. The minimum absolute atomic E-state index is 0.0557. The number of amides is 2. The largest absolute Gasteiger partial charge is 0.335 e. The first-order valence-electron chi connectivity index (χ1n) is 11.1. The first-order chi connectivity index (χ1) is 17.2. The van der Waals surface area contributed by atoms with Crippen LogP contribution in [0, 0.1) is 0 Å². The van der Waals surface area contributed by atoms with Crippen LogP contribution in [0.4, 0.5) is 10.8 Å². The lowest BCUT2D eigenvalue weighted by Crippen LogP contribution is -2.53. The number of nitrogens with one attached hydrogen (secondary N) is 1. The molecule has 0 radical (unpaired) electrons. The normalized spacial score (nSPS) is 15.3. The molecule has 0 aliphatic carbocycles. The van der Waals surface area contributed by atoms with Gasteiger partial charge in [0.2, 0.25) is 11.8 Å². The van der Waals surface area contributed by atoms with Crippen molar-refractivity contribution in [1.82, 2.24) is 14.5 Å². The molecule has 0 bridgehead atoms. The first kappa shape index (κ1) is 24.3. The number of rotatable bonds is 6. The summed E-state index contributed by atoms with van der Waals surface area (Å²) in [6.45, 7) is 2.43. The molecular weight excluding hydrogens is 522 g/mol. The maximum Gasteiger partial charge on any atom is 0.263 e. The van der Waals surface area contributed by atoms with Gasteiger partial charge in [0, 0.05) is 52.5 Å². The molecule has 0 spiro atoms. The van der Waals surface area contributed by atoms with Crippen molar-refractivity contribution in [3.05, 3.63) is 71.3 Å². The Morgan fingerprint density at radius 3 is 2.61 bits per heavy atom. The second-order valence-electron chi connectivity index (χ2n) is 8.34. The number of benzene rings is 2. The predicted octanol–water partition coefficient (Wildman–Crippen LogP) is 3.99. The second-order valence-corrected chi connectivity index (χ2v) is 11.4. The van der Waals surface area contributed by atoms with Gasteiger partial charge in [-0.3, -0.25) is 14.3 Å². The zero-order chi connectivity index (χ0) is 25.4. The number of anilines is 2. The van der Waals surface area contributed by atoms with Gasteiger partial charge in [0.1, 0.15) is 12.6 Å². The Morgan fingerprint density at radius 2 is 1.92 bits per heavy atom. The van der Waals surface area contributed by atoms with Gasteiger partial charge in [-0.1, -0.05) is 11.6 Å². The number of carbonyl (C=O) groups excluding carboxylic acids is 2. The topological polar surface area (TPSA) is 105 Å². The summed E-state index contributed by atoms with van der Waals surface area (Å²) >= 11 is 7.25. The molecule has 186 valence electrons. The fourth-order valence-electron chi connectivity index (χ4n) is 4.24. The van der Waals surface area contributed by atoms with E-state index in [-0.39, 0.29) is 28.4 Å². The average Bonchev–Trinajstić information content (AvgIpc) is 3.52. The zero-order valence-corrected chi connectivity index (χ0v) is 21.6. The number of aromatic nitrogens is 2. The molecule has 9 nitrogen and oxygen atoms in total. The summed E-state index contributed by atoms with van der Waals surface area (Å²) in [5.74, 6) is -0.382. The van der Waals surface area contributed by atoms with Gasteiger partial charge >= 0.3 is 0 Å². The monoisotopic (exact) mass is 543 g/mol. The standard InChI is InChI=1S/C24H22ClN5O4S2/c1-16(29-10-8-17-14-18(25)2-7-21(17)29)23(32)28-11-12-30(22(31)15-28)19-3-5-20(6-4-19)36(33,34)27-24-26-9-13-35-24/h2-10,13-14,16H,11-12,15H2,1H3,(H,26,27). The van der Waals surface area contributed by atoms with Crippen molar-refractivity contribution < 1.29 is 18.0 Å². The van der Waals surface area contributed by atoms with Gasteiger partial charge in [0.25, 0.3) is 10.0 Å². The lowest BCUT2D eigenvalue weighted by molar-refractivity contribution is -0.139. The maximum atomic E-state index is 13.2. The van der Waals surface area contributed by atoms with E-state index in [4.69, 9.17) is 11.6 Å². The van der Waals surface area contributed by atoms with Crippen LogP contribution in [0.1, 0.15) is 13.0 Å². The third-order valence-electron chi connectivity index (χ3n) is 6.10. The molecule has 3 heterocycles. The summed E-state index contributed by atoms with van der Waals surface area (Å²) in [7, 11) is -3.78. The van der Waals surface area contributed by atoms with Gasteiger partial charge in [0.05, 0.1) is 4.90 Å². The number of nitrogens with zero attached hydrogens (tertiary/aromatic N) is 4. The van der Waals surface area contributed by atoms with Crippen molar-refractivity contribution in [3.63, 3.8) is 0 Å². The predicted molar refractivity (Wildman–Crippen MR) is 140 cm³/mol. The molecule has 4 aromatic rings. The van der Waals surface area contributed by atoms with E-state index in [1.54, 1.807) is 33.4 Å². The average molecular weight is 544 g/mol. The van der Waals surface area contributed by atoms with Crippen molar-refractivity contribution in [1.29, 1.82) is 0 Å². The van der Waals surface area contributed by atoms with Crippen LogP contribution in [-0.4, -0.2) is 54.3 Å². The van der Waals surface area contributed by atoms with Crippen molar-refractivity contribution in [2.45, 2.75) is 17.9 Å². The molecule has 1 atom stereocenters. The van der Waals surface area contributed by atoms with Crippen LogP contribution in [0.15, 0.2) is 71.2 Å². The van der Waals surface area contributed by atoms with E-state index in [1.165, 1.54) is 29.7 Å². The highest BCUT2D eigenvalue weighted by Crippen LogP contribution is 2.26. The van der Waals surface area contributed by atoms with Crippen LogP contribution in [-0.2, 0) is 19.6 Å². The zero-order valence-electron chi connectivity index (χ0n) is 19.2. The highest BCUT2D eigenvalue weighted by molar-refractivity contribution is 7.93. The van der Waals surface area contributed by atoms with Crippen LogP contribution in [0.3, 0.4) is 0 Å². The molecule has 1 fully saturated rings. The number of sulfonamides is 1. The number of halogens is 1. The van der Waals surface area contributed by atoms with Gasteiger partial charge < -0.3 is 14.4 Å². The van der Waals surface area contributed by atoms with Crippen LogP contribution in [0.25, 0.3) is 10.9 Å². The van der Waals surface area contributed by atoms with Crippen molar-refractivity contribution in [2.24, 2.45) is 0 Å². The highest BCUT2D eigenvalue weighted by Gasteiger charge is 2.31. The van der Waals surface area contributed by atoms with E-state index in [0.717, 1.165) is 10.9 Å². The van der Waals surface area contributed by atoms with E-state index in [1.807, 2.05) is 35.9 Å². The Morgan fingerprint density at radius 1 is 1.14 bits per heavy atom. The van der Waals surface area contributed by atoms with Gasteiger partial charge in [-0.05, 0) is 55.5 Å². The van der Waals surface area contributed by atoms with Crippen LogP contribution in [0.2, 0.25) is 5.02 Å². The molecule has 1 N–H and O–H groups in total. The third-order valence-corrected chi connectivity index (χ3v) is 8.51. The van der Waals surface area contributed by atoms with E-state index in [2.05, 4.69) is 9.71 Å². The summed E-state index contributed by atoms with van der Waals surface area (Å²) in [6, 6.07) is 13.0. The third kappa shape index (κ3) is 4.69. The molecule has 36 heavy (non-hydrogen) atoms. The molecule has 1 saturated heterocycles. The summed E-state index contributed by atoms with van der Waals surface area (Å²) in [6.07, 6.45) is 3.36. The minimum atomic E-state index is -3.78. The maximum absolute atomic E-state index is 13.2. The van der Waals surface area contributed by atoms with Gasteiger partial charge in [0.15, 0.2) is 5.13 Å². The molecule has 1 aliphatic heterocycles. The van der Waals surface area contributed by atoms with Crippen LogP contribution >= 0.6 is 22.9 Å². The van der Waals surface area contributed by atoms with Gasteiger partial charge in [-0.25, -0.2) is 13.4 Å². The quantitative estimate of drug-likeness (QED) is 0.396. The summed E-state index contributed by atoms with van der Waals surface area (Å²) in [5.41, 5.74) is 1.46. The van der Waals surface area contributed by atoms with Crippen molar-refractivity contribution in [3.8, 4) is 0 Å². The number of piperazine rings is 1. The SMILES string of the molecule is CC(C(=O)N1CCN(c2ccc(S(=O)(=O)Nc3nccs3)cc2)C(=O)C1)n1ccc2cc(Cl)ccc21. The molecular formula is C24H22ClN5O4S2. The summed E-state index contributed by atoms with van der Waals surface area (Å²) < 4.78 is 29.4. The number of hydrogen-bond donors (Lipinski definition) is 1. The Kier molecular flexibility index (Phi) is 6.45. The highest BCUT2D eigenvalue weighted by atomic mass is 35.5. The fraction of sp³-hybridized carbons (Fsp3) is 0.208. The summed E-state index contributed by atoms with van der Waals surface area (Å²) in [4.78, 5) is 33.3. The van der Waals surface area contributed by atoms with E-state index in [9.17, 15) is 18.0 Å². The molecule has 2 aromatic carbocycles. The molecule has 2 aromatic heterocycles.